The van der Waals surface area contributed by atoms with Crippen molar-refractivity contribution in [3.8, 4) is 0 Å². The second-order valence-electron chi connectivity index (χ2n) is 9.72. The summed E-state index contributed by atoms with van der Waals surface area (Å²) < 4.78 is 32.8. The zero-order valence-corrected chi connectivity index (χ0v) is 23.7. The molecule has 1 aliphatic heterocycles. The molecule has 9 heteroatoms. The van der Waals surface area contributed by atoms with Gasteiger partial charge in [0, 0.05) is 29.9 Å². The Labute approximate surface area is 241 Å². The predicted octanol–water partition coefficient (Wildman–Crippen LogP) is 7.74. The number of hydrogen-bond donors (Lipinski definition) is 1. The molecule has 4 aromatic rings. The number of thiazole rings is 1. The molecular weight excluding hydrogens is 545 g/mol. The Morgan fingerprint density at radius 3 is 2.27 bits per heavy atom. The summed E-state index contributed by atoms with van der Waals surface area (Å²) in [5.41, 5.74) is 7.97. The summed E-state index contributed by atoms with van der Waals surface area (Å²) in [5, 5.41) is 3.92. The number of nitrogens with two attached hydrogens (primary N) is 1. The normalized spacial score (nSPS) is 14.8. The van der Waals surface area contributed by atoms with Gasteiger partial charge >= 0.3 is 0 Å². The number of rotatable bonds is 10. The molecule has 1 fully saturated rings. The van der Waals surface area contributed by atoms with Crippen LogP contribution in [0.15, 0.2) is 92.2 Å². The molecule has 0 radical (unpaired) electrons. The molecule has 5 nitrogen and oxygen atoms in total. The number of piperidine rings is 1. The van der Waals surface area contributed by atoms with Crippen molar-refractivity contribution < 1.29 is 8.78 Å². The van der Waals surface area contributed by atoms with E-state index < -0.39 is 0 Å². The number of fused-ring (bicyclic) bond motifs is 1. The van der Waals surface area contributed by atoms with E-state index in [1.165, 1.54) is 46.5 Å². The summed E-state index contributed by atoms with van der Waals surface area (Å²) in [7, 11) is 0. The highest BCUT2D eigenvalue weighted by molar-refractivity contribution is 7.98. The van der Waals surface area contributed by atoms with Crippen LogP contribution in [0.4, 0.5) is 8.78 Å². The molecule has 206 valence electrons. The van der Waals surface area contributed by atoms with Crippen molar-refractivity contribution in [2.24, 2.45) is 15.3 Å². The number of benzene rings is 3. The van der Waals surface area contributed by atoms with Crippen LogP contribution in [0.25, 0.3) is 15.8 Å². The molecule has 0 spiro atoms. The first-order valence-corrected chi connectivity index (χ1v) is 15.0. The average Bonchev–Trinajstić information content (AvgIpc) is 3.45. The molecular formula is C31H31F2N5S2. The number of nitrogens with zero attached hydrogens (tertiary/aromatic N) is 4. The van der Waals surface area contributed by atoms with E-state index in [4.69, 9.17) is 5.84 Å². The Morgan fingerprint density at radius 2 is 1.62 bits per heavy atom. The molecule has 1 aromatic heterocycles. The summed E-state index contributed by atoms with van der Waals surface area (Å²) in [5.74, 6) is 5.09. The monoisotopic (exact) mass is 575 g/mol. The van der Waals surface area contributed by atoms with E-state index in [0.717, 1.165) is 84.6 Å². The van der Waals surface area contributed by atoms with E-state index in [-0.39, 0.29) is 11.6 Å². The van der Waals surface area contributed by atoms with Gasteiger partial charge in [0.2, 0.25) is 0 Å². The zero-order valence-electron chi connectivity index (χ0n) is 22.1. The number of hydrazone groups is 1. The molecule has 0 aliphatic carbocycles. The molecule has 0 bridgehead atoms. The minimum Gasteiger partial charge on any atom is -0.323 e. The van der Waals surface area contributed by atoms with Gasteiger partial charge in [-0.15, -0.1) is 11.3 Å². The van der Waals surface area contributed by atoms with Gasteiger partial charge in [-0.1, -0.05) is 29.8 Å². The predicted molar refractivity (Wildman–Crippen MR) is 164 cm³/mol. The van der Waals surface area contributed by atoms with Crippen LogP contribution in [0, 0.1) is 11.6 Å². The SMILES string of the molecule is N/N=C(\C=N\Sc1ccc2scnc2c1)CCCCN1CCC(=C(c2ccc(F)cc2)c2ccc(F)cc2)CC1. The lowest BCUT2D eigenvalue weighted by molar-refractivity contribution is 0.252. The summed E-state index contributed by atoms with van der Waals surface area (Å²) in [6.07, 6.45) is 6.41. The molecule has 0 atom stereocenters. The van der Waals surface area contributed by atoms with Crippen LogP contribution in [-0.4, -0.2) is 41.4 Å². The van der Waals surface area contributed by atoms with Gasteiger partial charge in [-0.2, -0.15) is 5.10 Å². The fraction of sp³-hybridized carbons (Fsp3) is 0.258. The number of halogens is 2. The Hall–Kier alpha value is -3.40. The lowest BCUT2D eigenvalue weighted by Gasteiger charge is -2.30. The van der Waals surface area contributed by atoms with E-state index in [1.54, 1.807) is 17.6 Å². The standard InChI is InChI=1S/C31H31F2N5S2/c32-25-8-4-22(5-9-25)31(23-6-10-26(33)11-7-23)24-14-17-38(18-15-24)16-2-1-3-27(37-34)20-36-40-28-12-13-30-29(19-28)35-21-39-30/h4-13,19-21H,1-3,14-18,34H2/b36-20+,37-27-. The highest BCUT2D eigenvalue weighted by Gasteiger charge is 2.19. The molecule has 2 N–H and O–H groups in total. The van der Waals surface area contributed by atoms with Gasteiger partial charge in [0.05, 0.1) is 27.7 Å². The van der Waals surface area contributed by atoms with Crippen LogP contribution in [0.5, 0.6) is 0 Å². The Morgan fingerprint density at radius 1 is 0.950 bits per heavy atom. The second kappa shape index (κ2) is 13.8. The third kappa shape index (κ3) is 7.41. The molecule has 40 heavy (non-hydrogen) atoms. The molecule has 1 saturated heterocycles. The Kier molecular flexibility index (Phi) is 9.70. The third-order valence-electron chi connectivity index (χ3n) is 7.06. The highest BCUT2D eigenvalue weighted by atomic mass is 32.2. The molecule has 1 aliphatic rings. The molecule has 2 heterocycles. The maximum absolute atomic E-state index is 13.6. The quantitative estimate of drug-likeness (QED) is 0.0691. The topological polar surface area (TPSA) is 66.9 Å². The van der Waals surface area contributed by atoms with E-state index >= 15 is 0 Å². The maximum atomic E-state index is 13.6. The van der Waals surface area contributed by atoms with E-state index in [9.17, 15) is 8.78 Å². The first-order chi connectivity index (χ1) is 19.6. The molecule has 0 unspecified atom stereocenters. The largest absolute Gasteiger partial charge is 0.323 e. The smallest absolute Gasteiger partial charge is 0.123 e. The second-order valence-corrected chi connectivity index (χ2v) is 11.5. The van der Waals surface area contributed by atoms with Crippen molar-refractivity contribution in [2.45, 2.75) is 37.0 Å². The number of aromatic nitrogens is 1. The van der Waals surface area contributed by atoms with Crippen molar-refractivity contribution in [1.29, 1.82) is 0 Å². The van der Waals surface area contributed by atoms with Crippen LogP contribution in [-0.2, 0) is 0 Å². The van der Waals surface area contributed by atoms with Gasteiger partial charge in [-0.3, -0.25) is 0 Å². The zero-order chi connectivity index (χ0) is 27.7. The minimum absolute atomic E-state index is 0.261. The number of unbranched alkanes of at least 4 members (excludes halogenated alkanes) is 1. The molecule has 5 rings (SSSR count). The van der Waals surface area contributed by atoms with Crippen LogP contribution >= 0.6 is 23.3 Å². The fourth-order valence-electron chi connectivity index (χ4n) is 4.95. The lowest BCUT2D eigenvalue weighted by atomic mass is 9.88. The molecule has 3 aromatic carbocycles. The van der Waals surface area contributed by atoms with Crippen molar-refractivity contribution >= 4 is 51.0 Å². The van der Waals surface area contributed by atoms with Crippen LogP contribution in [0.1, 0.15) is 43.2 Å². The van der Waals surface area contributed by atoms with Crippen molar-refractivity contribution in [3.63, 3.8) is 0 Å². The average molecular weight is 576 g/mol. The van der Waals surface area contributed by atoms with Crippen molar-refractivity contribution in [2.75, 3.05) is 19.6 Å². The summed E-state index contributed by atoms with van der Waals surface area (Å²) in [4.78, 5) is 7.87. The van der Waals surface area contributed by atoms with Crippen molar-refractivity contribution in [3.05, 3.63) is 101 Å². The van der Waals surface area contributed by atoms with Crippen molar-refractivity contribution in [1.82, 2.24) is 9.88 Å². The Bertz CT molecular complexity index is 1450. The van der Waals surface area contributed by atoms with Gasteiger partial charge in [-0.05, 0) is 97.8 Å². The van der Waals surface area contributed by atoms with E-state index in [0.29, 0.717) is 0 Å². The van der Waals surface area contributed by atoms with Gasteiger partial charge in [0.15, 0.2) is 0 Å². The first-order valence-electron chi connectivity index (χ1n) is 13.4. The summed E-state index contributed by atoms with van der Waals surface area (Å²) in [6, 6.07) is 19.3. The van der Waals surface area contributed by atoms with E-state index in [2.05, 4.69) is 25.4 Å². The lowest BCUT2D eigenvalue weighted by Crippen LogP contribution is -2.32. The third-order valence-corrected chi connectivity index (χ3v) is 8.55. The molecule has 0 amide bonds. The maximum Gasteiger partial charge on any atom is 0.123 e. The summed E-state index contributed by atoms with van der Waals surface area (Å²) >= 11 is 3.02. The number of hydrogen-bond acceptors (Lipinski definition) is 7. The first kappa shape index (κ1) is 28.1. The van der Waals surface area contributed by atoms with Gasteiger partial charge in [0.25, 0.3) is 0 Å². The van der Waals surface area contributed by atoms with Gasteiger partial charge in [-0.25, -0.2) is 18.2 Å². The van der Waals surface area contributed by atoms with E-state index in [1.807, 2.05) is 41.9 Å². The Balaban J connectivity index is 1.11. The summed E-state index contributed by atoms with van der Waals surface area (Å²) in [6.45, 7) is 2.92. The van der Waals surface area contributed by atoms with Gasteiger partial charge in [0.1, 0.15) is 11.6 Å². The minimum atomic E-state index is -0.261. The number of likely N-dealkylation sites (tertiary alicyclic amines) is 1. The van der Waals surface area contributed by atoms with Crippen LogP contribution < -0.4 is 5.84 Å². The van der Waals surface area contributed by atoms with Crippen LogP contribution in [0.3, 0.4) is 0 Å². The highest BCUT2D eigenvalue weighted by Crippen LogP contribution is 2.33. The van der Waals surface area contributed by atoms with Crippen LogP contribution in [0.2, 0.25) is 0 Å². The fourth-order valence-corrected chi connectivity index (χ4v) is 6.20. The molecule has 0 saturated carbocycles. The van der Waals surface area contributed by atoms with Gasteiger partial charge < -0.3 is 10.7 Å².